The van der Waals surface area contributed by atoms with E-state index in [0.29, 0.717) is 48.6 Å². The molecule has 0 aliphatic carbocycles. The van der Waals surface area contributed by atoms with Gasteiger partial charge in [-0.3, -0.25) is 9.59 Å². The Hall–Kier alpha value is -3.74. The lowest BCUT2D eigenvalue weighted by Crippen LogP contribution is -2.33. The maximum Gasteiger partial charge on any atom is 0.335 e. The van der Waals surface area contributed by atoms with Gasteiger partial charge in [0.2, 0.25) is 0 Å². The molecule has 0 saturated carbocycles. The summed E-state index contributed by atoms with van der Waals surface area (Å²) in [5.41, 5.74) is 2.55. The van der Waals surface area contributed by atoms with Gasteiger partial charge in [0.25, 0.3) is 11.5 Å². The molecule has 2 aromatic carbocycles. The minimum Gasteiger partial charge on any atom is -0.478 e. The van der Waals surface area contributed by atoms with Crippen molar-refractivity contribution in [2.24, 2.45) is 0 Å². The number of aromatic nitrogens is 2. The Morgan fingerprint density at radius 1 is 0.931 bits per heavy atom. The number of amides is 1. The predicted molar refractivity (Wildman–Crippen MR) is 107 cm³/mol. The summed E-state index contributed by atoms with van der Waals surface area (Å²) in [5, 5.41) is 9.00. The fourth-order valence-corrected chi connectivity index (χ4v) is 3.48. The fraction of sp³-hybridized carbons (Fsp3) is 0.182. The molecule has 0 unspecified atom stereocenters. The van der Waals surface area contributed by atoms with Crippen LogP contribution in [0, 0.1) is 0 Å². The highest BCUT2D eigenvalue weighted by Crippen LogP contribution is 2.18. The fourth-order valence-electron chi connectivity index (χ4n) is 3.48. The molecule has 7 nitrogen and oxygen atoms in total. The molecule has 2 N–H and O–H groups in total. The van der Waals surface area contributed by atoms with Crippen molar-refractivity contribution in [1.82, 2.24) is 14.9 Å². The topological polar surface area (TPSA) is 103 Å². The second-order valence-corrected chi connectivity index (χ2v) is 6.88. The van der Waals surface area contributed by atoms with Crippen molar-refractivity contribution in [3.8, 4) is 11.4 Å². The van der Waals surface area contributed by atoms with Gasteiger partial charge in [0.05, 0.1) is 11.3 Å². The number of carboxylic acids is 1. The largest absolute Gasteiger partial charge is 0.478 e. The molecule has 1 aliphatic rings. The van der Waals surface area contributed by atoms with E-state index in [2.05, 4.69) is 9.97 Å². The highest BCUT2D eigenvalue weighted by Gasteiger charge is 2.23. The second kappa shape index (κ2) is 7.71. The third kappa shape index (κ3) is 3.80. The third-order valence-electron chi connectivity index (χ3n) is 5.06. The molecule has 1 amide bonds. The zero-order valence-corrected chi connectivity index (χ0v) is 15.6. The predicted octanol–water partition coefficient (Wildman–Crippen LogP) is 2.38. The molecule has 3 aromatic rings. The Labute approximate surface area is 166 Å². The van der Waals surface area contributed by atoms with Gasteiger partial charge in [0.1, 0.15) is 5.82 Å². The van der Waals surface area contributed by atoms with Crippen molar-refractivity contribution < 1.29 is 14.7 Å². The van der Waals surface area contributed by atoms with Gasteiger partial charge in [0, 0.05) is 36.2 Å². The van der Waals surface area contributed by atoms with E-state index in [0.717, 1.165) is 5.56 Å². The summed E-state index contributed by atoms with van der Waals surface area (Å²) in [6.07, 6.45) is 0.906. The monoisotopic (exact) mass is 389 g/mol. The molecule has 2 heterocycles. The lowest BCUT2D eigenvalue weighted by Gasteiger charge is -2.20. The van der Waals surface area contributed by atoms with Crippen LogP contribution in [0.25, 0.3) is 11.4 Å². The van der Waals surface area contributed by atoms with Crippen molar-refractivity contribution in [3.63, 3.8) is 0 Å². The Morgan fingerprint density at radius 3 is 2.28 bits per heavy atom. The Morgan fingerprint density at radius 2 is 1.59 bits per heavy atom. The maximum absolute atomic E-state index is 12.8. The Balaban J connectivity index is 1.56. The summed E-state index contributed by atoms with van der Waals surface area (Å²) in [7, 11) is 0. The van der Waals surface area contributed by atoms with E-state index in [1.54, 1.807) is 4.90 Å². The van der Waals surface area contributed by atoms with Crippen LogP contribution < -0.4 is 5.56 Å². The number of aromatic amines is 1. The zero-order chi connectivity index (χ0) is 20.4. The summed E-state index contributed by atoms with van der Waals surface area (Å²) < 4.78 is 0. The molecule has 1 aromatic heterocycles. The number of hydrogen-bond donors (Lipinski definition) is 2. The number of nitrogens with zero attached hydrogens (tertiary/aromatic N) is 2. The van der Waals surface area contributed by atoms with Crippen LogP contribution in [0.1, 0.15) is 32.0 Å². The van der Waals surface area contributed by atoms with Gasteiger partial charge >= 0.3 is 5.97 Å². The molecule has 146 valence electrons. The second-order valence-electron chi connectivity index (χ2n) is 6.88. The number of fused-ring (bicyclic) bond motifs is 1. The van der Waals surface area contributed by atoms with E-state index in [4.69, 9.17) is 5.11 Å². The SMILES string of the molecule is O=C(O)c1ccc(C(=O)N2CCc3nc(-c4ccccc4)[nH]c(=O)c3CC2)cc1. The van der Waals surface area contributed by atoms with E-state index < -0.39 is 5.97 Å². The molecule has 29 heavy (non-hydrogen) atoms. The van der Waals surface area contributed by atoms with Crippen LogP contribution in [-0.4, -0.2) is 44.9 Å². The van der Waals surface area contributed by atoms with Crippen LogP contribution in [0.15, 0.2) is 59.4 Å². The number of hydrogen-bond acceptors (Lipinski definition) is 4. The average molecular weight is 389 g/mol. The minimum atomic E-state index is -1.03. The first-order valence-electron chi connectivity index (χ1n) is 9.33. The number of carbonyl (C=O) groups is 2. The third-order valence-corrected chi connectivity index (χ3v) is 5.06. The van der Waals surface area contributed by atoms with Gasteiger partial charge in [-0.15, -0.1) is 0 Å². The lowest BCUT2D eigenvalue weighted by molar-refractivity contribution is 0.0694. The maximum atomic E-state index is 12.8. The van der Waals surface area contributed by atoms with Gasteiger partial charge in [-0.1, -0.05) is 30.3 Å². The van der Waals surface area contributed by atoms with E-state index >= 15 is 0 Å². The quantitative estimate of drug-likeness (QED) is 0.716. The van der Waals surface area contributed by atoms with E-state index in [-0.39, 0.29) is 17.0 Å². The summed E-state index contributed by atoms with van der Waals surface area (Å²) in [6, 6.07) is 15.3. The molecule has 0 saturated heterocycles. The molecule has 4 rings (SSSR count). The van der Waals surface area contributed by atoms with Crippen molar-refractivity contribution in [3.05, 3.63) is 87.3 Å². The van der Waals surface area contributed by atoms with Gasteiger partial charge in [0.15, 0.2) is 0 Å². The van der Waals surface area contributed by atoms with Gasteiger partial charge in [-0.05, 0) is 30.7 Å². The molecule has 0 bridgehead atoms. The van der Waals surface area contributed by atoms with E-state index in [9.17, 15) is 14.4 Å². The van der Waals surface area contributed by atoms with Crippen LogP contribution in [0.2, 0.25) is 0 Å². The summed E-state index contributed by atoms with van der Waals surface area (Å²) in [4.78, 5) is 45.6. The number of H-pyrrole nitrogens is 1. The molecular weight excluding hydrogens is 370 g/mol. The minimum absolute atomic E-state index is 0.133. The van der Waals surface area contributed by atoms with Crippen LogP contribution in [0.4, 0.5) is 0 Å². The molecule has 1 aliphatic heterocycles. The number of nitrogens with one attached hydrogen (secondary N) is 1. The van der Waals surface area contributed by atoms with Crippen molar-refractivity contribution >= 4 is 11.9 Å². The highest BCUT2D eigenvalue weighted by molar-refractivity contribution is 5.96. The normalized spacial score (nSPS) is 13.4. The molecule has 0 atom stereocenters. The molecular formula is C22H19N3O4. The first-order valence-corrected chi connectivity index (χ1v) is 9.33. The van der Waals surface area contributed by atoms with Crippen molar-refractivity contribution in [2.75, 3.05) is 13.1 Å². The standard InChI is InChI=1S/C22H19N3O4/c26-20-17-10-12-25(21(27)15-6-8-16(9-7-15)22(28)29)13-11-18(17)23-19(24-20)14-4-2-1-3-5-14/h1-9H,10-13H2,(H,28,29)(H,23,24,26). The number of aromatic carboxylic acids is 1. The van der Waals surface area contributed by atoms with Crippen LogP contribution in [0.5, 0.6) is 0 Å². The van der Waals surface area contributed by atoms with Crippen LogP contribution >= 0.6 is 0 Å². The Kier molecular flexibility index (Phi) is 4.95. The first-order chi connectivity index (χ1) is 14.0. The average Bonchev–Trinajstić information content (AvgIpc) is 2.97. The number of benzene rings is 2. The summed E-state index contributed by atoms with van der Waals surface area (Å²) >= 11 is 0. The van der Waals surface area contributed by atoms with E-state index in [1.165, 1.54) is 24.3 Å². The summed E-state index contributed by atoms with van der Waals surface area (Å²) in [5.74, 6) is -0.693. The lowest BCUT2D eigenvalue weighted by atomic mass is 10.1. The number of carbonyl (C=O) groups excluding carboxylic acids is 1. The Bertz CT molecular complexity index is 1120. The van der Waals surface area contributed by atoms with Crippen molar-refractivity contribution in [1.29, 1.82) is 0 Å². The number of rotatable bonds is 3. The van der Waals surface area contributed by atoms with Gasteiger partial charge < -0.3 is 15.0 Å². The molecule has 0 fully saturated rings. The van der Waals surface area contributed by atoms with Crippen LogP contribution in [0.3, 0.4) is 0 Å². The van der Waals surface area contributed by atoms with Crippen molar-refractivity contribution in [2.45, 2.75) is 12.8 Å². The smallest absolute Gasteiger partial charge is 0.335 e. The first kappa shape index (κ1) is 18.6. The molecule has 7 heteroatoms. The zero-order valence-electron chi connectivity index (χ0n) is 15.6. The molecule has 0 radical (unpaired) electrons. The summed E-state index contributed by atoms with van der Waals surface area (Å²) in [6.45, 7) is 0.846. The van der Waals surface area contributed by atoms with Gasteiger partial charge in [-0.25, -0.2) is 9.78 Å². The molecule has 0 spiro atoms. The van der Waals surface area contributed by atoms with Crippen LogP contribution in [-0.2, 0) is 12.8 Å². The van der Waals surface area contributed by atoms with Gasteiger partial charge in [-0.2, -0.15) is 0 Å². The number of carboxylic acid groups (broad SMARTS) is 1. The highest BCUT2D eigenvalue weighted by atomic mass is 16.4. The van der Waals surface area contributed by atoms with E-state index in [1.807, 2.05) is 30.3 Å².